The Morgan fingerprint density at radius 2 is 2.30 bits per heavy atom. The van der Waals surface area contributed by atoms with Gasteiger partial charge in [-0.3, -0.25) is 4.90 Å². The Labute approximate surface area is 124 Å². The van der Waals surface area contributed by atoms with Gasteiger partial charge in [-0.05, 0) is 28.5 Å². The highest BCUT2D eigenvalue weighted by molar-refractivity contribution is 7.07. The van der Waals surface area contributed by atoms with Crippen LogP contribution < -0.4 is 4.90 Å². The normalized spacial score (nSPS) is 15.7. The van der Waals surface area contributed by atoms with Gasteiger partial charge in [0.25, 0.3) is 0 Å². The molecule has 0 aliphatic carbocycles. The lowest BCUT2D eigenvalue weighted by Gasteiger charge is -2.22. The van der Waals surface area contributed by atoms with Gasteiger partial charge < -0.3 is 4.90 Å². The number of rotatable bonds is 4. The van der Waals surface area contributed by atoms with Gasteiger partial charge in [0.05, 0.1) is 0 Å². The fourth-order valence-electron chi connectivity index (χ4n) is 2.64. The average molecular weight is 285 g/mol. The number of pyridine rings is 1. The second kappa shape index (κ2) is 6.20. The molecule has 0 bridgehead atoms. The van der Waals surface area contributed by atoms with Crippen LogP contribution in [-0.2, 0) is 13.1 Å². The van der Waals surface area contributed by atoms with E-state index >= 15 is 0 Å². The first-order valence-corrected chi connectivity index (χ1v) is 7.84. The molecule has 2 aromatic rings. The van der Waals surface area contributed by atoms with Crippen molar-refractivity contribution in [3.05, 3.63) is 58.9 Å². The number of hydrogen-bond donors (Lipinski definition) is 0. The summed E-state index contributed by atoms with van der Waals surface area (Å²) in [5, 5.41) is 4.38. The van der Waals surface area contributed by atoms with E-state index in [1.165, 1.54) is 11.1 Å². The van der Waals surface area contributed by atoms with Crippen LogP contribution in [0.3, 0.4) is 0 Å². The van der Waals surface area contributed by atoms with Crippen molar-refractivity contribution < 1.29 is 0 Å². The van der Waals surface area contributed by atoms with Crippen LogP contribution in [0.25, 0.3) is 0 Å². The fourth-order valence-corrected chi connectivity index (χ4v) is 3.30. The van der Waals surface area contributed by atoms with Gasteiger partial charge in [0.1, 0.15) is 5.82 Å². The maximum Gasteiger partial charge on any atom is 0.133 e. The highest BCUT2D eigenvalue weighted by Gasteiger charge is 2.19. The van der Waals surface area contributed by atoms with Gasteiger partial charge >= 0.3 is 0 Å². The SMILES string of the molecule is C=CCN1CCN(Cc2ccsc2)Cc2cccnc21. The zero-order valence-corrected chi connectivity index (χ0v) is 12.4. The van der Waals surface area contributed by atoms with Crippen LogP contribution in [0.4, 0.5) is 5.82 Å². The monoisotopic (exact) mass is 285 g/mol. The van der Waals surface area contributed by atoms with Crippen molar-refractivity contribution in [2.24, 2.45) is 0 Å². The van der Waals surface area contributed by atoms with Crippen LogP contribution >= 0.6 is 11.3 Å². The first-order valence-electron chi connectivity index (χ1n) is 6.90. The van der Waals surface area contributed by atoms with Gasteiger partial charge in [-0.25, -0.2) is 4.98 Å². The molecule has 0 amide bonds. The fraction of sp³-hybridized carbons (Fsp3) is 0.312. The number of nitrogens with zero attached hydrogens (tertiary/aromatic N) is 3. The number of thiophene rings is 1. The summed E-state index contributed by atoms with van der Waals surface area (Å²) >= 11 is 1.76. The lowest BCUT2D eigenvalue weighted by Crippen LogP contribution is -2.31. The lowest BCUT2D eigenvalue weighted by molar-refractivity contribution is 0.269. The Morgan fingerprint density at radius 3 is 3.10 bits per heavy atom. The topological polar surface area (TPSA) is 19.4 Å². The molecule has 3 rings (SSSR count). The molecule has 3 nitrogen and oxygen atoms in total. The molecule has 20 heavy (non-hydrogen) atoms. The van der Waals surface area contributed by atoms with Crippen LogP contribution in [0.1, 0.15) is 11.1 Å². The second-order valence-corrected chi connectivity index (χ2v) is 5.84. The molecule has 0 fully saturated rings. The summed E-state index contributed by atoms with van der Waals surface area (Å²) < 4.78 is 0. The van der Waals surface area contributed by atoms with E-state index in [0.717, 1.165) is 38.5 Å². The van der Waals surface area contributed by atoms with Crippen LogP contribution in [-0.4, -0.2) is 29.5 Å². The van der Waals surface area contributed by atoms with Crippen molar-refractivity contribution in [2.75, 3.05) is 24.5 Å². The predicted octanol–water partition coefficient (Wildman–Crippen LogP) is 3.15. The smallest absolute Gasteiger partial charge is 0.133 e. The second-order valence-electron chi connectivity index (χ2n) is 5.06. The first kappa shape index (κ1) is 13.3. The molecule has 0 atom stereocenters. The third-order valence-corrected chi connectivity index (χ3v) is 4.31. The Kier molecular flexibility index (Phi) is 4.14. The van der Waals surface area contributed by atoms with Crippen LogP contribution in [0, 0.1) is 0 Å². The highest BCUT2D eigenvalue weighted by atomic mass is 32.1. The molecule has 0 saturated heterocycles. The molecule has 3 heterocycles. The Hall–Kier alpha value is -1.65. The standard InChI is InChI=1S/C16H19N3S/c1-2-7-19-9-8-18(11-14-5-10-20-13-14)12-15-4-3-6-17-16(15)19/h2-6,10,13H,1,7-9,11-12H2. The van der Waals surface area contributed by atoms with E-state index in [4.69, 9.17) is 0 Å². The predicted molar refractivity (Wildman–Crippen MR) is 85.1 cm³/mol. The van der Waals surface area contributed by atoms with Crippen LogP contribution in [0.2, 0.25) is 0 Å². The molecule has 0 aromatic carbocycles. The van der Waals surface area contributed by atoms with Gasteiger partial charge in [-0.2, -0.15) is 11.3 Å². The molecular weight excluding hydrogens is 266 g/mol. The van der Waals surface area contributed by atoms with E-state index in [1.807, 2.05) is 18.3 Å². The minimum Gasteiger partial charge on any atom is -0.351 e. The van der Waals surface area contributed by atoms with Crippen LogP contribution in [0.5, 0.6) is 0 Å². The Balaban J connectivity index is 1.81. The third-order valence-electron chi connectivity index (χ3n) is 3.58. The summed E-state index contributed by atoms with van der Waals surface area (Å²) in [6.45, 7) is 8.75. The lowest BCUT2D eigenvalue weighted by atomic mass is 10.2. The molecule has 1 aliphatic rings. The van der Waals surface area contributed by atoms with Crippen molar-refractivity contribution in [3.8, 4) is 0 Å². The molecule has 0 saturated carbocycles. The summed E-state index contributed by atoms with van der Waals surface area (Å²) in [7, 11) is 0. The minimum absolute atomic E-state index is 0.857. The summed E-state index contributed by atoms with van der Waals surface area (Å²) in [6.07, 6.45) is 3.83. The Bertz CT molecular complexity index is 565. The van der Waals surface area contributed by atoms with E-state index in [1.54, 1.807) is 11.3 Å². The summed E-state index contributed by atoms with van der Waals surface area (Å²) in [5.41, 5.74) is 2.71. The maximum absolute atomic E-state index is 4.56. The van der Waals surface area contributed by atoms with Crippen molar-refractivity contribution >= 4 is 17.2 Å². The average Bonchev–Trinajstić information content (AvgIpc) is 2.90. The molecule has 0 unspecified atom stereocenters. The number of anilines is 1. The summed E-state index contributed by atoms with van der Waals surface area (Å²) in [6, 6.07) is 6.42. The van der Waals surface area contributed by atoms with E-state index < -0.39 is 0 Å². The third kappa shape index (κ3) is 2.92. The van der Waals surface area contributed by atoms with Crippen molar-refractivity contribution in [1.29, 1.82) is 0 Å². The van der Waals surface area contributed by atoms with E-state index in [-0.39, 0.29) is 0 Å². The molecule has 0 spiro atoms. The number of aromatic nitrogens is 1. The first-order chi connectivity index (χ1) is 9.86. The van der Waals surface area contributed by atoms with E-state index in [0.29, 0.717) is 0 Å². The van der Waals surface area contributed by atoms with E-state index in [9.17, 15) is 0 Å². The van der Waals surface area contributed by atoms with Gasteiger partial charge in [0.15, 0.2) is 0 Å². The van der Waals surface area contributed by atoms with Crippen molar-refractivity contribution in [1.82, 2.24) is 9.88 Å². The zero-order chi connectivity index (χ0) is 13.8. The van der Waals surface area contributed by atoms with Gasteiger partial charge in [-0.15, -0.1) is 6.58 Å². The van der Waals surface area contributed by atoms with Crippen molar-refractivity contribution in [3.63, 3.8) is 0 Å². The molecule has 104 valence electrons. The summed E-state index contributed by atoms with van der Waals surface area (Å²) in [4.78, 5) is 9.37. The molecule has 4 heteroatoms. The molecule has 1 aliphatic heterocycles. The van der Waals surface area contributed by atoms with Gasteiger partial charge in [0, 0.05) is 44.5 Å². The quantitative estimate of drug-likeness (QED) is 0.805. The molecule has 0 radical (unpaired) electrons. The molecule has 0 N–H and O–H groups in total. The van der Waals surface area contributed by atoms with Gasteiger partial charge in [0.2, 0.25) is 0 Å². The number of hydrogen-bond acceptors (Lipinski definition) is 4. The molecule has 2 aromatic heterocycles. The largest absolute Gasteiger partial charge is 0.351 e. The van der Waals surface area contributed by atoms with Gasteiger partial charge in [-0.1, -0.05) is 12.1 Å². The Morgan fingerprint density at radius 1 is 1.35 bits per heavy atom. The number of fused-ring (bicyclic) bond motifs is 1. The van der Waals surface area contributed by atoms with Crippen molar-refractivity contribution in [2.45, 2.75) is 13.1 Å². The van der Waals surface area contributed by atoms with E-state index in [2.05, 4.69) is 44.3 Å². The summed E-state index contributed by atoms with van der Waals surface area (Å²) in [5.74, 6) is 1.11. The zero-order valence-electron chi connectivity index (χ0n) is 11.5. The highest BCUT2D eigenvalue weighted by Crippen LogP contribution is 2.23. The maximum atomic E-state index is 4.56. The molecular formula is C16H19N3S. The minimum atomic E-state index is 0.857. The van der Waals surface area contributed by atoms with Crippen LogP contribution in [0.15, 0.2) is 47.8 Å².